The number of aromatic nitrogens is 1. The molecule has 0 fully saturated rings. The molecule has 0 saturated heterocycles. The number of aliphatic hydroxyl groups excluding tert-OH is 1. The quantitative estimate of drug-likeness (QED) is 0.0799. The van der Waals surface area contributed by atoms with Gasteiger partial charge in [-0.3, -0.25) is 37.4 Å². The minimum absolute atomic E-state index is 0.0404. The van der Waals surface area contributed by atoms with Crippen LogP contribution in [0.5, 0.6) is 0 Å². The number of carbonyl (C=O) groups is 2. The standard InChI is InChI=1S/C40H26N2O19S5/c43-36(18-6-2-1-3-7-18)33-30-21-8-4-5-9-22(21)39(46)31-26(17-29(66(59,60)61)35(32(30)31)42-40(33)47)41-34-27(64(53,54)55)15-20(16-28(34)65(56,57)58)62(48,49)13-12-24-37(44)23-11-10-19(63(50,51)52)14-25(23)38(24)45/h1-11,14-17,24,41,43H,12-13H2,(H,50,51,52)(H,53,54,55)(H,56,57,58)(H,59,60,61). The van der Waals surface area contributed by atoms with Crippen LogP contribution in [0.15, 0.2) is 125 Å². The molecule has 6 N–H and O–H groups in total. The number of aliphatic hydroxyl groups is 1. The van der Waals surface area contributed by atoms with Gasteiger partial charge in [-0.05, 0) is 48.2 Å². The van der Waals surface area contributed by atoms with Crippen LogP contribution in [0.4, 0.5) is 11.4 Å². The van der Waals surface area contributed by atoms with Gasteiger partial charge in [0.25, 0.3) is 46.0 Å². The SMILES string of the molecule is O=C1c2ccc(S(=O)(=O)O)cc2C(=O)C1CCS(=O)(=O)c1cc(S(=O)(=O)O)c(Nc2cc(S(=O)(=O)O)c3nc(=O)c(=C(O)c4ccccc4)c4c5ccccc5c(=O)c2c3=4)c(S(=O)(=O)O)c1. The van der Waals surface area contributed by atoms with Crippen LogP contribution in [0.25, 0.3) is 27.4 Å². The van der Waals surface area contributed by atoms with Crippen molar-refractivity contribution in [2.75, 3.05) is 11.1 Å². The van der Waals surface area contributed by atoms with E-state index < -0.39 is 159 Å². The molecule has 0 bridgehead atoms. The van der Waals surface area contributed by atoms with Crippen LogP contribution in [0, 0.1) is 16.4 Å². The van der Waals surface area contributed by atoms with E-state index in [0.29, 0.717) is 12.1 Å². The highest BCUT2D eigenvalue weighted by atomic mass is 32.2. The minimum Gasteiger partial charge on any atom is -0.506 e. The van der Waals surface area contributed by atoms with E-state index in [0.717, 1.165) is 12.1 Å². The summed E-state index contributed by atoms with van der Waals surface area (Å²) in [6, 6.07) is 16.0. The van der Waals surface area contributed by atoms with Gasteiger partial charge in [-0.25, -0.2) is 13.4 Å². The Morgan fingerprint density at radius 3 is 1.73 bits per heavy atom. The molecular formula is C40H26N2O19S5. The Balaban J connectivity index is 1.37. The summed E-state index contributed by atoms with van der Waals surface area (Å²) >= 11 is 0. The first-order valence-corrected chi connectivity index (χ1v) is 25.8. The summed E-state index contributed by atoms with van der Waals surface area (Å²) in [5.41, 5.74) is -6.19. The maximum absolute atomic E-state index is 14.5. The topological polar surface area (TPSA) is 365 Å². The third kappa shape index (κ3) is 7.75. The molecule has 5 aromatic rings. The smallest absolute Gasteiger partial charge is 0.296 e. The molecule has 0 spiro atoms. The van der Waals surface area contributed by atoms with E-state index in [1.54, 1.807) is 6.07 Å². The monoisotopic (exact) mass is 998 g/mol. The molecule has 8 rings (SSSR count). The van der Waals surface area contributed by atoms with E-state index in [2.05, 4.69) is 10.3 Å². The van der Waals surface area contributed by atoms with Gasteiger partial charge in [-0.15, -0.1) is 0 Å². The lowest BCUT2D eigenvalue weighted by molar-refractivity contribution is 0.0836. The fraction of sp³-hybridized carbons (Fsp3) is 0.0750. The van der Waals surface area contributed by atoms with Gasteiger partial charge in [-0.2, -0.15) is 33.7 Å². The Hall–Kier alpha value is -6.62. The van der Waals surface area contributed by atoms with Gasteiger partial charge in [0, 0.05) is 32.5 Å². The molecule has 66 heavy (non-hydrogen) atoms. The van der Waals surface area contributed by atoms with Crippen molar-refractivity contribution >= 4 is 101 Å². The lowest BCUT2D eigenvalue weighted by Gasteiger charge is -2.19. The molecule has 0 saturated carbocycles. The molecule has 340 valence electrons. The molecule has 3 aliphatic rings. The van der Waals surface area contributed by atoms with Gasteiger partial charge in [0.2, 0.25) is 0 Å². The van der Waals surface area contributed by atoms with Gasteiger partial charge >= 0.3 is 0 Å². The first-order valence-electron chi connectivity index (χ1n) is 18.4. The normalized spacial score (nSPS) is 15.4. The van der Waals surface area contributed by atoms with Crippen molar-refractivity contribution in [3.05, 3.63) is 144 Å². The largest absolute Gasteiger partial charge is 0.506 e. The number of Topliss-reactive ketones (excluding diaryl/α,β-unsaturated/α-hetero) is 2. The third-order valence-corrected chi connectivity index (χ3v) is 16.0. The molecular weight excluding hydrogens is 973 g/mol. The van der Waals surface area contributed by atoms with E-state index in [-0.39, 0.29) is 39.3 Å². The Morgan fingerprint density at radius 2 is 1.15 bits per heavy atom. The van der Waals surface area contributed by atoms with Crippen molar-refractivity contribution < 1.29 is 75.0 Å². The van der Waals surface area contributed by atoms with E-state index in [1.807, 2.05) is 0 Å². The number of hydrogen-bond donors (Lipinski definition) is 6. The van der Waals surface area contributed by atoms with Crippen LogP contribution in [0.3, 0.4) is 0 Å². The zero-order valence-corrected chi connectivity index (χ0v) is 36.7. The van der Waals surface area contributed by atoms with E-state index in [1.165, 1.54) is 48.5 Å². The van der Waals surface area contributed by atoms with E-state index in [9.17, 15) is 84.6 Å². The summed E-state index contributed by atoms with van der Waals surface area (Å²) in [6.07, 6.45) is -0.874. The van der Waals surface area contributed by atoms with Crippen LogP contribution in [0.2, 0.25) is 0 Å². The fourth-order valence-electron chi connectivity index (χ4n) is 7.85. The second-order valence-corrected chi connectivity index (χ2v) is 22.4. The first kappa shape index (κ1) is 45.9. The lowest BCUT2D eigenvalue weighted by Crippen LogP contribution is -2.33. The Labute approximate surface area is 370 Å². The highest BCUT2D eigenvalue weighted by Crippen LogP contribution is 2.39. The van der Waals surface area contributed by atoms with Crippen LogP contribution in [0.1, 0.15) is 32.7 Å². The average Bonchev–Trinajstić information content (AvgIpc) is 3.47. The van der Waals surface area contributed by atoms with Crippen LogP contribution in [-0.4, -0.2) is 87.7 Å². The van der Waals surface area contributed by atoms with Crippen molar-refractivity contribution in [2.45, 2.75) is 30.9 Å². The molecule has 26 heteroatoms. The second-order valence-electron chi connectivity index (χ2n) is 14.7. The number of nitrogens with one attached hydrogen (secondary N) is 1. The Bertz CT molecular complexity index is 4140. The number of rotatable bonds is 11. The van der Waals surface area contributed by atoms with Crippen molar-refractivity contribution in [3.63, 3.8) is 0 Å². The maximum atomic E-state index is 14.5. The number of sulfone groups is 1. The first-order chi connectivity index (χ1) is 30.6. The summed E-state index contributed by atoms with van der Waals surface area (Å²) in [7, 11) is -27.1. The number of fused-ring (bicyclic) bond motifs is 3. The van der Waals surface area contributed by atoms with E-state index >= 15 is 0 Å². The summed E-state index contributed by atoms with van der Waals surface area (Å²) in [6.45, 7) is 0. The number of hydrogen-bond acceptors (Lipinski definition) is 17. The predicted octanol–water partition coefficient (Wildman–Crippen LogP) is 2.29. The molecule has 2 aliphatic carbocycles. The number of ketones is 2. The number of carbonyl (C=O) groups excluding carboxylic acids is 2. The zero-order chi connectivity index (χ0) is 48.2. The van der Waals surface area contributed by atoms with Gasteiger partial charge in [0.15, 0.2) is 26.8 Å². The predicted molar refractivity (Wildman–Crippen MR) is 229 cm³/mol. The summed E-state index contributed by atoms with van der Waals surface area (Å²) < 4.78 is 170. The minimum atomic E-state index is -5.85. The zero-order valence-electron chi connectivity index (χ0n) is 32.6. The van der Waals surface area contributed by atoms with Crippen molar-refractivity contribution in [1.29, 1.82) is 0 Å². The van der Waals surface area contributed by atoms with Crippen molar-refractivity contribution in [3.8, 4) is 0 Å². The molecule has 1 atom stereocenters. The second kappa shape index (κ2) is 15.5. The number of nitrogens with zero attached hydrogens (tertiary/aromatic N) is 1. The molecule has 1 aliphatic heterocycles. The van der Waals surface area contributed by atoms with Gasteiger partial charge in [-0.1, -0.05) is 54.6 Å². The van der Waals surface area contributed by atoms with Crippen LogP contribution >= 0.6 is 0 Å². The highest BCUT2D eigenvalue weighted by Gasteiger charge is 2.40. The lowest BCUT2D eigenvalue weighted by atomic mass is 9.96. The molecule has 5 aromatic carbocycles. The summed E-state index contributed by atoms with van der Waals surface area (Å²) in [5, 5.41) is 11.2. The molecule has 21 nitrogen and oxygen atoms in total. The molecule has 0 amide bonds. The van der Waals surface area contributed by atoms with Gasteiger partial charge in [0.05, 0.1) is 49.0 Å². The summed E-state index contributed by atoms with van der Waals surface area (Å²) in [5.74, 6) is -5.75. The molecule has 0 aromatic heterocycles. The number of benzene rings is 5. The van der Waals surface area contributed by atoms with Crippen LogP contribution in [-0.2, 0) is 50.3 Å². The van der Waals surface area contributed by atoms with Crippen molar-refractivity contribution in [1.82, 2.24) is 4.98 Å². The van der Waals surface area contributed by atoms with Crippen LogP contribution < -0.4 is 21.5 Å². The fourth-order valence-corrected chi connectivity index (χ4v) is 12.0. The number of anilines is 2. The molecule has 1 heterocycles. The maximum Gasteiger partial charge on any atom is 0.296 e. The molecule has 1 unspecified atom stereocenters. The highest BCUT2D eigenvalue weighted by molar-refractivity contribution is 7.91. The van der Waals surface area contributed by atoms with E-state index in [4.69, 9.17) is 0 Å². The van der Waals surface area contributed by atoms with Crippen molar-refractivity contribution in [2.24, 2.45) is 5.92 Å². The summed E-state index contributed by atoms with van der Waals surface area (Å²) in [4.78, 5) is 51.9. The Morgan fingerprint density at radius 1 is 0.591 bits per heavy atom. The van der Waals surface area contributed by atoms with Gasteiger partial charge < -0.3 is 10.4 Å². The molecule has 0 radical (unpaired) electrons. The average molecular weight is 999 g/mol. The van der Waals surface area contributed by atoms with Gasteiger partial charge in [0.1, 0.15) is 20.4 Å². The third-order valence-electron chi connectivity index (χ3n) is 10.8. The Kier molecular flexibility index (Phi) is 10.8.